The summed E-state index contributed by atoms with van der Waals surface area (Å²) >= 11 is 5.35. The molecule has 0 radical (unpaired) electrons. The van der Waals surface area contributed by atoms with E-state index in [2.05, 4.69) is 9.05 Å². The highest BCUT2D eigenvalue weighted by atomic mass is 35.5. The van der Waals surface area contributed by atoms with E-state index < -0.39 is 33.2 Å². The summed E-state index contributed by atoms with van der Waals surface area (Å²) in [7, 11) is -4.26. The lowest BCUT2D eigenvalue weighted by Gasteiger charge is -2.19. The number of rotatable bonds is 7. The minimum absolute atomic E-state index is 0.0385. The molecule has 0 aromatic carbocycles. The van der Waals surface area contributed by atoms with Crippen molar-refractivity contribution in [3.05, 3.63) is 0 Å². The minimum atomic E-state index is -4.26. The molecule has 0 aromatic rings. The van der Waals surface area contributed by atoms with E-state index in [-0.39, 0.29) is 5.88 Å². The van der Waals surface area contributed by atoms with Gasteiger partial charge in [-0.1, -0.05) is 0 Å². The molecule has 0 fully saturated rings. The highest BCUT2D eigenvalue weighted by molar-refractivity contribution is 7.47. The molecule has 2 atom stereocenters. The Kier molecular flexibility index (Phi) is 6.89. The van der Waals surface area contributed by atoms with Crippen LogP contribution in [0.4, 0.5) is 0 Å². The van der Waals surface area contributed by atoms with Crippen molar-refractivity contribution in [2.75, 3.05) is 19.1 Å². The number of aliphatic hydroxyl groups excluding tert-OH is 2. The van der Waals surface area contributed by atoms with Crippen molar-refractivity contribution in [3.63, 3.8) is 0 Å². The minimum Gasteiger partial charge on any atom is -0.394 e. The largest absolute Gasteiger partial charge is 0.472 e. The second-order valence-electron chi connectivity index (χ2n) is 2.63. The van der Waals surface area contributed by atoms with Gasteiger partial charge in [0.05, 0.1) is 19.3 Å². The third kappa shape index (κ3) is 5.93. The topological polar surface area (TPSA) is 96.2 Å². The Morgan fingerprint density at radius 1 is 1.36 bits per heavy atom. The molecule has 0 rings (SSSR count). The van der Waals surface area contributed by atoms with Crippen molar-refractivity contribution < 1.29 is 28.7 Å². The van der Waals surface area contributed by atoms with E-state index in [0.29, 0.717) is 0 Å². The Balaban J connectivity index is 4.11. The lowest BCUT2D eigenvalue weighted by Crippen LogP contribution is -2.22. The van der Waals surface area contributed by atoms with Crippen LogP contribution in [0.25, 0.3) is 0 Å². The molecule has 2 unspecified atom stereocenters. The van der Waals surface area contributed by atoms with Gasteiger partial charge in [-0.15, -0.1) is 11.6 Å². The zero-order chi connectivity index (χ0) is 11.2. The third-order valence-corrected chi connectivity index (χ3v) is 2.85. The maximum atomic E-state index is 11.1. The second-order valence-corrected chi connectivity index (χ2v) is 4.30. The van der Waals surface area contributed by atoms with Gasteiger partial charge in [-0.2, -0.15) is 0 Å². The fraction of sp³-hybridized carbons (Fsp3) is 1.00. The predicted octanol–water partition coefficient (Wildman–Crippen LogP) is 0.100. The molecular formula is C6H14ClO6P. The number of alkyl halides is 1. The Bertz CT molecular complexity index is 197. The first-order valence-electron chi connectivity index (χ1n) is 3.92. The van der Waals surface area contributed by atoms with Gasteiger partial charge in [0.1, 0.15) is 6.10 Å². The first kappa shape index (κ1) is 14.3. The molecule has 0 saturated heterocycles. The summed E-state index contributed by atoms with van der Waals surface area (Å²) < 4.78 is 20.1. The standard InChI is InChI=1S/C6H14ClO6P/c1-5(2-7)12-14(10,11)13-6(3-8)4-9/h5-6,8-9H,2-4H2,1H3,(H,10,11). The predicted molar refractivity (Wildman–Crippen MR) is 50.1 cm³/mol. The maximum Gasteiger partial charge on any atom is 0.472 e. The number of phosphoric ester groups is 1. The van der Waals surface area contributed by atoms with Gasteiger partial charge >= 0.3 is 7.82 Å². The number of hydrogen-bond donors (Lipinski definition) is 3. The summed E-state index contributed by atoms with van der Waals surface area (Å²) in [5, 5.41) is 17.2. The molecule has 0 amide bonds. The van der Waals surface area contributed by atoms with Gasteiger partial charge in [-0.05, 0) is 6.92 Å². The van der Waals surface area contributed by atoms with Crippen molar-refractivity contribution in [3.8, 4) is 0 Å². The number of hydrogen-bond acceptors (Lipinski definition) is 5. The lowest BCUT2D eigenvalue weighted by molar-refractivity contribution is 0.0230. The van der Waals surface area contributed by atoms with Crippen molar-refractivity contribution in [2.24, 2.45) is 0 Å². The fourth-order valence-corrected chi connectivity index (χ4v) is 1.83. The quantitative estimate of drug-likeness (QED) is 0.437. The smallest absolute Gasteiger partial charge is 0.394 e. The average Bonchev–Trinajstić information content (AvgIpc) is 2.13. The van der Waals surface area contributed by atoms with Gasteiger partial charge in [0.15, 0.2) is 0 Å². The summed E-state index contributed by atoms with van der Waals surface area (Å²) in [6.45, 7) is 0.353. The van der Waals surface area contributed by atoms with Crippen LogP contribution in [0.3, 0.4) is 0 Å². The molecule has 86 valence electrons. The first-order chi connectivity index (χ1) is 6.45. The van der Waals surface area contributed by atoms with Gasteiger partial charge in [0, 0.05) is 5.88 Å². The van der Waals surface area contributed by atoms with Crippen molar-refractivity contribution in [2.45, 2.75) is 19.1 Å². The van der Waals surface area contributed by atoms with E-state index >= 15 is 0 Å². The third-order valence-electron chi connectivity index (χ3n) is 1.22. The molecule has 3 N–H and O–H groups in total. The summed E-state index contributed by atoms with van der Waals surface area (Å²) in [4.78, 5) is 9.08. The van der Waals surface area contributed by atoms with Gasteiger partial charge in [-0.3, -0.25) is 9.05 Å². The normalized spacial score (nSPS) is 18.1. The Morgan fingerprint density at radius 2 is 1.86 bits per heavy atom. The highest BCUT2D eigenvalue weighted by Crippen LogP contribution is 2.45. The average molecular weight is 249 g/mol. The molecule has 14 heavy (non-hydrogen) atoms. The van der Waals surface area contributed by atoms with Gasteiger partial charge < -0.3 is 15.1 Å². The van der Waals surface area contributed by atoms with Crippen LogP contribution in [0.2, 0.25) is 0 Å². The molecular weight excluding hydrogens is 234 g/mol. The number of halogens is 1. The van der Waals surface area contributed by atoms with Crippen LogP contribution in [0.15, 0.2) is 0 Å². The van der Waals surface area contributed by atoms with E-state index in [4.69, 9.17) is 26.7 Å². The van der Waals surface area contributed by atoms with Crippen molar-refractivity contribution in [1.29, 1.82) is 0 Å². The molecule has 0 aromatic heterocycles. The maximum absolute atomic E-state index is 11.1. The molecule has 0 aliphatic heterocycles. The van der Waals surface area contributed by atoms with Gasteiger partial charge in [0.2, 0.25) is 0 Å². The molecule has 0 heterocycles. The Labute approximate surface area is 87.0 Å². The highest BCUT2D eigenvalue weighted by Gasteiger charge is 2.28. The summed E-state index contributed by atoms with van der Waals surface area (Å²) in [5.74, 6) is 0.0385. The van der Waals surface area contributed by atoms with Gasteiger partial charge in [-0.25, -0.2) is 4.57 Å². The molecule has 0 aliphatic carbocycles. The number of aliphatic hydroxyl groups is 2. The van der Waals surface area contributed by atoms with Crippen LogP contribution in [-0.2, 0) is 13.6 Å². The van der Waals surface area contributed by atoms with E-state index in [0.717, 1.165) is 0 Å². The summed E-state index contributed by atoms with van der Waals surface area (Å²) in [5.41, 5.74) is 0. The van der Waals surface area contributed by atoms with Crippen LogP contribution in [0.5, 0.6) is 0 Å². The van der Waals surface area contributed by atoms with Crippen LogP contribution in [-0.4, -0.2) is 46.4 Å². The van der Waals surface area contributed by atoms with E-state index in [1.54, 1.807) is 0 Å². The molecule has 0 spiro atoms. The zero-order valence-electron chi connectivity index (χ0n) is 7.67. The molecule has 6 nitrogen and oxygen atoms in total. The summed E-state index contributed by atoms with van der Waals surface area (Å²) in [6.07, 6.45) is -1.78. The molecule has 0 aliphatic rings. The van der Waals surface area contributed by atoms with Crippen LogP contribution < -0.4 is 0 Å². The fourth-order valence-electron chi connectivity index (χ4n) is 0.593. The van der Waals surface area contributed by atoms with E-state index in [1.807, 2.05) is 0 Å². The lowest BCUT2D eigenvalue weighted by atomic mass is 10.4. The van der Waals surface area contributed by atoms with Crippen LogP contribution >= 0.6 is 19.4 Å². The molecule has 0 saturated carbocycles. The van der Waals surface area contributed by atoms with Crippen molar-refractivity contribution in [1.82, 2.24) is 0 Å². The molecule has 0 bridgehead atoms. The Hall–Kier alpha value is 0.320. The van der Waals surface area contributed by atoms with E-state index in [9.17, 15) is 4.57 Å². The van der Waals surface area contributed by atoms with Crippen molar-refractivity contribution >= 4 is 19.4 Å². The zero-order valence-corrected chi connectivity index (χ0v) is 9.32. The monoisotopic (exact) mass is 248 g/mol. The van der Waals surface area contributed by atoms with E-state index in [1.165, 1.54) is 6.92 Å². The van der Waals surface area contributed by atoms with Crippen LogP contribution in [0, 0.1) is 0 Å². The Morgan fingerprint density at radius 3 is 2.21 bits per heavy atom. The second kappa shape index (κ2) is 6.74. The SMILES string of the molecule is CC(CCl)OP(=O)(O)OC(CO)CO. The van der Waals surface area contributed by atoms with Crippen LogP contribution in [0.1, 0.15) is 6.92 Å². The first-order valence-corrected chi connectivity index (χ1v) is 5.95. The van der Waals surface area contributed by atoms with Gasteiger partial charge in [0.25, 0.3) is 0 Å². The number of phosphoric acid groups is 1. The molecule has 8 heteroatoms. The summed E-state index contributed by atoms with van der Waals surface area (Å²) in [6, 6.07) is 0.